The van der Waals surface area contributed by atoms with Gasteiger partial charge >= 0.3 is 0 Å². The van der Waals surface area contributed by atoms with E-state index >= 15 is 0 Å². The fourth-order valence-electron chi connectivity index (χ4n) is 2.03. The minimum absolute atomic E-state index is 0.147. The van der Waals surface area contributed by atoms with E-state index in [4.69, 9.17) is 5.73 Å². The van der Waals surface area contributed by atoms with Gasteiger partial charge in [0.25, 0.3) is 0 Å². The maximum atomic E-state index is 5.91. The molecule has 76 valence electrons. The van der Waals surface area contributed by atoms with E-state index in [-0.39, 0.29) is 6.29 Å². The lowest BCUT2D eigenvalue weighted by Crippen LogP contribution is -2.40. The standard InChI is InChI=1S/C11H12N4/c1-15-10-7-3-2-6-13-8(7)4-5-9(10)14-11(15)12/h2-6,11,14H,12H2,1H3. The highest BCUT2D eigenvalue weighted by molar-refractivity contribution is 6.00. The van der Waals surface area contributed by atoms with Crippen LogP contribution in [0.3, 0.4) is 0 Å². The molecule has 1 atom stereocenters. The number of nitrogens with one attached hydrogen (secondary N) is 1. The molecule has 0 bridgehead atoms. The molecule has 1 aromatic carbocycles. The van der Waals surface area contributed by atoms with Crippen LogP contribution in [0.1, 0.15) is 0 Å². The number of hydrogen-bond donors (Lipinski definition) is 2. The van der Waals surface area contributed by atoms with Crippen molar-refractivity contribution in [2.75, 3.05) is 17.3 Å². The molecule has 1 unspecified atom stereocenters. The summed E-state index contributed by atoms with van der Waals surface area (Å²) in [5, 5.41) is 4.35. The van der Waals surface area contributed by atoms with Crippen molar-refractivity contribution in [1.82, 2.24) is 4.98 Å². The van der Waals surface area contributed by atoms with Gasteiger partial charge in [0.05, 0.1) is 16.9 Å². The average molecular weight is 200 g/mol. The topological polar surface area (TPSA) is 54.2 Å². The van der Waals surface area contributed by atoms with E-state index in [1.807, 2.05) is 30.1 Å². The Balaban J connectivity index is 2.35. The summed E-state index contributed by atoms with van der Waals surface area (Å²) in [6.07, 6.45) is 1.66. The number of pyridine rings is 1. The first-order valence-corrected chi connectivity index (χ1v) is 4.90. The van der Waals surface area contributed by atoms with Crippen molar-refractivity contribution in [2.24, 2.45) is 5.73 Å². The second-order valence-corrected chi connectivity index (χ2v) is 3.73. The minimum Gasteiger partial charge on any atom is -0.351 e. The van der Waals surface area contributed by atoms with Crippen LogP contribution in [0.4, 0.5) is 11.4 Å². The van der Waals surface area contributed by atoms with Crippen molar-refractivity contribution in [3.8, 4) is 0 Å². The predicted octanol–water partition coefficient (Wildman–Crippen LogP) is 1.34. The monoisotopic (exact) mass is 200 g/mol. The SMILES string of the molecule is CN1c2c(ccc3ncccc23)NC1N. The highest BCUT2D eigenvalue weighted by atomic mass is 15.4. The van der Waals surface area contributed by atoms with E-state index in [1.54, 1.807) is 6.20 Å². The van der Waals surface area contributed by atoms with Gasteiger partial charge in [-0.1, -0.05) is 0 Å². The summed E-state index contributed by atoms with van der Waals surface area (Å²) < 4.78 is 0. The number of nitrogens with two attached hydrogens (primary N) is 1. The van der Waals surface area contributed by atoms with Crippen molar-refractivity contribution in [1.29, 1.82) is 0 Å². The third-order valence-electron chi connectivity index (χ3n) is 2.83. The van der Waals surface area contributed by atoms with E-state index in [1.165, 1.54) is 0 Å². The fourth-order valence-corrected chi connectivity index (χ4v) is 2.03. The second-order valence-electron chi connectivity index (χ2n) is 3.73. The van der Waals surface area contributed by atoms with Crippen LogP contribution in [0.2, 0.25) is 0 Å². The molecule has 0 spiro atoms. The molecule has 2 aromatic rings. The highest BCUT2D eigenvalue weighted by Crippen LogP contribution is 2.37. The zero-order valence-corrected chi connectivity index (χ0v) is 8.44. The summed E-state index contributed by atoms with van der Waals surface area (Å²) in [5.41, 5.74) is 9.12. The van der Waals surface area contributed by atoms with Crippen molar-refractivity contribution < 1.29 is 0 Å². The maximum Gasteiger partial charge on any atom is 0.152 e. The van der Waals surface area contributed by atoms with Crippen LogP contribution in [0.25, 0.3) is 10.9 Å². The van der Waals surface area contributed by atoms with Gasteiger partial charge in [-0.3, -0.25) is 10.7 Å². The molecular formula is C11H12N4. The van der Waals surface area contributed by atoms with E-state index in [0.29, 0.717) is 0 Å². The van der Waals surface area contributed by atoms with Gasteiger partial charge in [-0.15, -0.1) is 0 Å². The van der Waals surface area contributed by atoms with Crippen molar-refractivity contribution in [2.45, 2.75) is 6.29 Å². The Hall–Kier alpha value is -1.81. The third-order valence-corrected chi connectivity index (χ3v) is 2.83. The Morgan fingerprint density at radius 3 is 3.13 bits per heavy atom. The molecule has 0 amide bonds. The molecule has 1 aliphatic heterocycles. The first kappa shape index (κ1) is 8.49. The van der Waals surface area contributed by atoms with Gasteiger partial charge in [0.2, 0.25) is 0 Å². The normalized spacial score (nSPS) is 19.1. The minimum atomic E-state index is -0.147. The molecule has 3 N–H and O–H groups in total. The van der Waals surface area contributed by atoms with Crippen LogP contribution in [0, 0.1) is 0 Å². The molecule has 0 saturated heterocycles. The molecule has 0 radical (unpaired) electrons. The molecule has 1 aromatic heterocycles. The van der Waals surface area contributed by atoms with Gasteiger partial charge in [-0.25, -0.2) is 0 Å². The quantitative estimate of drug-likeness (QED) is 0.673. The molecule has 0 aliphatic carbocycles. The van der Waals surface area contributed by atoms with Crippen molar-refractivity contribution in [3.63, 3.8) is 0 Å². The largest absolute Gasteiger partial charge is 0.351 e. The molecular weight excluding hydrogens is 188 g/mol. The van der Waals surface area contributed by atoms with Crippen LogP contribution >= 0.6 is 0 Å². The number of anilines is 2. The highest BCUT2D eigenvalue weighted by Gasteiger charge is 2.24. The first-order valence-electron chi connectivity index (χ1n) is 4.90. The van der Waals surface area contributed by atoms with Crippen LogP contribution < -0.4 is 16.0 Å². The van der Waals surface area contributed by atoms with Gasteiger partial charge < -0.3 is 10.2 Å². The van der Waals surface area contributed by atoms with Crippen molar-refractivity contribution >= 4 is 22.3 Å². The lowest BCUT2D eigenvalue weighted by Gasteiger charge is -2.18. The first-order chi connectivity index (χ1) is 7.27. The predicted molar refractivity (Wildman–Crippen MR) is 61.7 cm³/mol. The van der Waals surface area contributed by atoms with Crippen LogP contribution in [-0.4, -0.2) is 18.3 Å². The number of rotatable bonds is 0. The lowest BCUT2D eigenvalue weighted by molar-refractivity contribution is 0.771. The van der Waals surface area contributed by atoms with Crippen molar-refractivity contribution in [3.05, 3.63) is 30.5 Å². The summed E-state index contributed by atoms with van der Waals surface area (Å²) in [5.74, 6) is 0. The summed E-state index contributed by atoms with van der Waals surface area (Å²) in [6.45, 7) is 0. The molecule has 2 heterocycles. The Bertz CT molecular complexity index is 523. The molecule has 0 saturated carbocycles. The molecule has 0 fully saturated rings. The average Bonchev–Trinajstić information content (AvgIpc) is 2.55. The summed E-state index contributed by atoms with van der Waals surface area (Å²) >= 11 is 0. The van der Waals surface area contributed by atoms with E-state index < -0.39 is 0 Å². The zero-order chi connectivity index (χ0) is 10.4. The Kier molecular flexibility index (Phi) is 1.61. The Morgan fingerprint density at radius 1 is 1.40 bits per heavy atom. The van der Waals surface area contributed by atoms with Gasteiger partial charge in [-0.2, -0.15) is 0 Å². The van der Waals surface area contributed by atoms with Crippen LogP contribution in [0.15, 0.2) is 30.5 Å². The van der Waals surface area contributed by atoms with Crippen LogP contribution in [0.5, 0.6) is 0 Å². The van der Waals surface area contributed by atoms with E-state index in [9.17, 15) is 0 Å². The lowest BCUT2D eigenvalue weighted by atomic mass is 10.1. The van der Waals surface area contributed by atoms with E-state index in [2.05, 4.69) is 16.4 Å². The molecule has 3 rings (SSSR count). The Morgan fingerprint density at radius 2 is 2.27 bits per heavy atom. The second kappa shape index (κ2) is 2.84. The molecule has 4 heteroatoms. The molecule has 1 aliphatic rings. The number of nitrogens with zero attached hydrogens (tertiary/aromatic N) is 2. The summed E-state index contributed by atoms with van der Waals surface area (Å²) in [6, 6.07) is 8.04. The maximum absolute atomic E-state index is 5.91. The van der Waals surface area contributed by atoms with Gasteiger partial charge in [0, 0.05) is 18.6 Å². The van der Waals surface area contributed by atoms with Gasteiger partial charge in [0.15, 0.2) is 6.29 Å². The number of fused-ring (bicyclic) bond motifs is 3. The fraction of sp³-hybridized carbons (Fsp3) is 0.182. The summed E-state index contributed by atoms with van der Waals surface area (Å²) in [7, 11) is 1.98. The number of benzene rings is 1. The smallest absolute Gasteiger partial charge is 0.152 e. The zero-order valence-electron chi connectivity index (χ0n) is 8.44. The van der Waals surface area contributed by atoms with Gasteiger partial charge in [0.1, 0.15) is 0 Å². The summed E-state index contributed by atoms with van der Waals surface area (Å²) in [4.78, 5) is 6.35. The Labute approximate surface area is 87.7 Å². The van der Waals surface area contributed by atoms with Gasteiger partial charge in [-0.05, 0) is 24.3 Å². The molecule has 4 nitrogen and oxygen atoms in total. The third kappa shape index (κ3) is 1.08. The number of hydrogen-bond acceptors (Lipinski definition) is 4. The van der Waals surface area contributed by atoms with E-state index in [0.717, 1.165) is 22.3 Å². The molecule has 15 heavy (non-hydrogen) atoms. The van der Waals surface area contributed by atoms with Crippen LogP contribution in [-0.2, 0) is 0 Å². The number of aromatic nitrogens is 1.